The van der Waals surface area contributed by atoms with Gasteiger partial charge in [-0.3, -0.25) is 4.98 Å². The third kappa shape index (κ3) is 3.70. The van der Waals surface area contributed by atoms with Crippen LogP contribution in [0.4, 0.5) is 0 Å². The number of hydrogen-bond donors (Lipinski definition) is 1. The summed E-state index contributed by atoms with van der Waals surface area (Å²) >= 11 is 0. The van der Waals surface area contributed by atoms with Crippen LogP contribution in [0, 0.1) is 5.92 Å². The van der Waals surface area contributed by atoms with E-state index in [9.17, 15) is 0 Å². The van der Waals surface area contributed by atoms with Gasteiger partial charge in [-0.2, -0.15) is 0 Å². The van der Waals surface area contributed by atoms with Gasteiger partial charge in [0, 0.05) is 17.9 Å². The van der Waals surface area contributed by atoms with Crippen LogP contribution in [0.25, 0.3) is 0 Å². The highest BCUT2D eigenvalue weighted by molar-refractivity contribution is 5.26. The second-order valence-corrected chi connectivity index (χ2v) is 5.94. The number of rotatable bonds is 7. The van der Waals surface area contributed by atoms with Gasteiger partial charge in [-0.05, 0) is 55.3 Å². The Hall–Kier alpha value is -1.67. The molecule has 110 valence electrons. The Morgan fingerprint density at radius 2 is 1.95 bits per heavy atom. The maximum absolute atomic E-state index is 4.44. The van der Waals surface area contributed by atoms with Gasteiger partial charge in [0.2, 0.25) is 0 Å². The fourth-order valence-electron chi connectivity index (χ4n) is 3.32. The smallest absolute Gasteiger partial charge is 0.0404 e. The quantitative estimate of drug-likeness (QED) is 0.834. The van der Waals surface area contributed by atoms with E-state index in [1.165, 1.54) is 24.1 Å². The molecule has 1 fully saturated rings. The minimum atomic E-state index is 0.613. The average Bonchev–Trinajstić information content (AvgIpc) is 3.34. The van der Waals surface area contributed by atoms with Crippen molar-refractivity contribution in [3.63, 3.8) is 0 Å². The first kappa shape index (κ1) is 14.3. The van der Waals surface area contributed by atoms with Crippen LogP contribution in [0.2, 0.25) is 0 Å². The molecule has 1 N–H and O–H groups in total. The van der Waals surface area contributed by atoms with Crippen molar-refractivity contribution in [1.82, 2.24) is 10.3 Å². The monoisotopic (exact) mass is 280 g/mol. The molecular formula is C19H24N2. The van der Waals surface area contributed by atoms with Gasteiger partial charge in [0.15, 0.2) is 0 Å². The molecule has 21 heavy (non-hydrogen) atoms. The Labute approximate surface area is 127 Å². The van der Waals surface area contributed by atoms with Crippen LogP contribution in [-0.4, -0.2) is 17.6 Å². The van der Waals surface area contributed by atoms with E-state index in [2.05, 4.69) is 59.7 Å². The Balaban J connectivity index is 1.58. The van der Waals surface area contributed by atoms with E-state index in [0.717, 1.165) is 24.8 Å². The van der Waals surface area contributed by atoms with Crippen molar-refractivity contribution in [2.75, 3.05) is 6.54 Å². The SMILES string of the molecule is CCNC(CCc1ccccn1)C1CC1c1ccccc1. The van der Waals surface area contributed by atoms with Crippen LogP contribution >= 0.6 is 0 Å². The molecule has 1 saturated carbocycles. The lowest BCUT2D eigenvalue weighted by Gasteiger charge is -2.18. The maximum atomic E-state index is 4.44. The summed E-state index contributed by atoms with van der Waals surface area (Å²) in [4.78, 5) is 4.44. The van der Waals surface area contributed by atoms with E-state index in [1.807, 2.05) is 12.3 Å². The van der Waals surface area contributed by atoms with Crippen molar-refractivity contribution in [3.05, 3.63) is 66.0 Å². The Kier molecular flexibility index (Phi) is 4.66. The molecule has 0 aliphatic heterocycles. The molecule has 2 heteroatoms. The van der Waals surface area contributed by atoms with Crippen molar-refractivity contribution in [3.8, 4) is 0 Å². The van der Waals surface area contributed by atoms with Gasteiger partial charge in [0.1, 0.15) is 0 Å². The summed E-state index contributed by atoms with van der Waals surface area (Å²) in [5, 5.41) is 3.69. The van der Waals surface area contributed by atoms with Crippen LogP contribution in [0.1, 0.15) is 36.9 Å². The average molecular weight is 280 g/mol. The maximum Gasteiger partial charge on any atom is 0.0404 e. The summed E-state index contributed by atoms with van der Waals surface area (Å²) < 4.78 is 0. The topological polar surface area (TPSA) is 24.9 Å². The lowest BCUT2D eigenvalue weighted by atomic mass is 10.0. The van der Waals surface area contributed by atoms with Gasteiger partial charge in [-0.15, -0.1) is 0 Å². The summed E-state index contributed by atoms with van der Waals surface area (Å²) in [5.74, 6) is 1.54. The van der Waals surface area contributed by atoms with E-state index >= 15 is 0 Å². The molecule has 0 spiro atoms. The number of hydrogen-bond acceptors (Lipinski definition) is 2. The van der Waals surface area contributed by atoms with Gasteiger partial charge >= 0.3 is 0 Å². The van der Waals surface area contributed by atoms with Gasteiger partial charge < -0.3 is 5.32 Å². The molecule has 0 amide bonds. The highest BCUT2D eigenvalue weighted by atomic mass is 14.9. The molecule has 1 heterocycles. The lowest BCUT2D eigenvalue weighted by molar-refractivity contribution is 0.437. The van der Waals surface area contributed by atoms with E-state index in [0.29, 0.717) is 6.04 Å². The summed E-state index contributed by atoms with van der Waals surface area (Å²) in [6, 6.07) is 17.8. The zero-order chi connectivity index (χ0) is 14.5. The van der Waals surface area contributed by atoms with Crippen LogP contribution in [0.5, 0.6) is 0 Å². The Morgan fingerprint density at radius 1 is 1.14 bits per heavy atom. The van der Waals surface area contributed by atoms with Crippen molar-refractivity contribution < 1.29 is 0 Å². The number of aromatic nitrogens is 1. The number of nitrogens with zero attached hydrogens (tertiary/aromatic N) is 1. The summed E-state index contributed by atoms with van der Waals surface area (Å²) in [7, 11) is 0. The minimum absolute atomic E-state index is 0.613. The molecule has 3 atom stereocenters. The standard InChI is InChI=1S/C19H24N2/c1-2-20-19(12-11-16-10-6-7-13-21-16)18-14-17(18)15-8-4-3-5-9-15/h3-10,13,17-20H,2,11-12,14H2,1H3. The van der Waals surface area contributed by atoms with Crippen molar-refractivity contribution in [2.24, 2.45) is 5.92 Å². The molecule has 2 aromatic rings. The predicted octanol–water partition coefficient (Wildman–Crippen LogP) is 3.80. The third-order valence-electron chi connectivity index (χ3n) is 4.49. The van der Waals surface area contributed by atoms with Crippen molar-refractivity contribution >= 4 is 0 Å². The Morgan fingerprint density at radius 3 is 2.67 bits per heavy atom. The molecule has 0 bridgehead atoms. The second kappa shape index (κ2) is 6.86. The van der Waals surface area contributed by atoms with Gasteiger partial charge in [-0.25, -0.2) is 0 Å². The lowest BCUT2D eigenvalue weighted by Crippen LogP contribution is -2.32. The van der Waals surface area contributed by atoms with E-state index < -0.39 is 0 Å². The molecular weight excluding hydrogens is 256 g/mol. The molecule has 2 nitrogen and oxygen atoms in total. The minimum Gasteiger partial charge on any atom is -0.314 e. The van der Waals surface area contributed by atoms with Crippen LogP contribution in [-0.2, 0) is 6.42 Å². The fraction of sp³-hybridized carbons (Fsp3) is 0.421. The van der Waals surface area contributed by atoms with Gasteiger partial charge in [0.05, 0.1) is 0 Å². The first-order chi connectivity index (χ1) is 10.4. The summed E-state index contributed by atoms with van der Waals surface area (Å²) in [5.41, 5.74) is 2.71. The van der Waals surface area contributed by atoms with E-state index in [-0.39, 0.29) is 0 Å². The number of nitrogens with one attached hydrogen (secondary N) is 1. The molecule has 0 saturated heterocycles. The number of aryl methyl sites for hydroxylation is 1. The van der Waals surface area contributed by atoms with Crippen LogP contribution < -0.4 is 5.32 Å². The normalized spacial score (nSPS) is 22.0. The van der Waals surface area contributed by atoms with Crippen molar-refractivity contribution in [1.29, 1.82) is 0 Å². The first-order valence-corrected chi connectivity index (χ1v) is 8.06. The summed E-state index contributed by atoms with van der Waals surface area (Å²) in [6.45, 7) is 3.25. The molecule has 3 unspecified atom stereocenters. The van der Waals surface area contributed by atoms with Gasteiger partial charge in [0.25, 0.3) is 0 Å². The summed E-state index contributed by atoms with van der Waals surface area (Å²) in [6.07, 6.45) is 5.46. The van der Waals surface area contributed by atoms with Crippen LogP contribution in [0.15, 0.2) is 54.7 Å². The first-order valence-electron chi connectivity index (χ1n) is 8.06. The zero-order valence-corrected chi connectivity index (χ0v) is 12.7. The molecule has 1 aliphatic rings. The highest BCUT2D eigenvalue weighted by Gasteiger charge is 2.43. The zero-order valence-electron chi connectivity index (χ0n) is 12.7. The molecule has 3 rings (SSSR count). The fourth-order valence-corrected chi connectivity index (χ4v) is 3.32. The number of pyridine rings is 1. The predicted molar refractivity (Wildman–Crippen MR) is 87.3 cm³/mol. The van der Waals surface area contributed by atoms with E-state index in [4.69, 9.17) is 0 Å². The van der Waals surface area contributed by atoms with Crippen molar-refractivity contribution in [2.45, 2.75) is 38.1 Å². The molecule has 0 radical (unpaired) electrons. The highest BCUT2D eigenvalue weighted by Crippen LogP contribution is 2.50. The largest absolute Gasteiger partial charge is 0.314 e. The molecule has 1 aromatic carbocycles. The van der Waals surface area contributed by atoms with Gasteiger partial charge in [-0.1, -0.05) is 43.3 Å². The Bertz CT molecular complexity index is 538. The third-order valence-corrected chi connectivity index (χ3v) is 4.49. The van der Waals surface area contributed by atoms with Crippen LogP contribution in [0.3, 0.4) is 0 Å². The van der Waals surface area contributed by atoms with E-state index in [1.54, 1.807) is 0 Å². The molecule has 1 aliphatic carbocycles. The molecule has 1 aromatic heterocycles. The number of benzene rings is 1. The second-order valence-electron chi connectivity index (χ2n) is 5.94.